The Bertz CT molecular complexity index is 861. The summed E-state index contributed by atoms with van der Waals surface area (Å²) >= 11 is 0. The topological polar surface area (TPSA) is 98.1 Å². The van der Waals surface area contributed by atoms with Crippen molar-refractivity contribution in [2.75, 3.05) is 0 Å². The van der Waals surface area contributed by atoms with Gasteiger partial charge in [0, 0.05) is 0 Å². The van der Waals surface area contributed by atoms with Gasteiger partial charge in [-0.1, -0.05) is 42.5 Å². The second kappa shape index (κ2) is 6.24. The fourth-order valence-electron chi connectivity index (χ4n) is 1.76. The third kappa shape index (κ3) is 3.22. The molecule has 0 N–H and O–H groups in total. The molecule has 22 heavy (non-hydrogen) atoms. The van der Waals surface area contributed by atoms with Crippen LogP contribution < -0.4 is 5.11 Å². The first-order valence-electron chi connectivity index (χ1n) is 6.18. The van der Waals surface area contributed by atoms with Gasteiger partial charge in [-0.25, -0.2) is 8.42 Å². The third-order valence-corrected chi connectivity index (χ3v) is 4.58. The summed E-state index contributed by atoms with van der Waals surface area (Å²) in [4.78, 5) is 10.3. The van der Waals surface area contributed by atoms with Crippen LogP contribution in [0.25, 0.3) is 6.08 Å². The van der Waals surface area contributed by atoms with Crippen molar-refractivity contribution in [1.82, 2.24) is 0 Å². The quantitative estimate of drug-likeness (QED) is 0.794. The molecule has 6 heteroatoms. The van der Waals surface area contributed by atoms with E-state index in [4.69, 9.17) is 5.26 Å². The molecule has 0 amide bonds. The van der Waals surface area contributed by atoms with Gasteiger partial charge in [0.15, 0.2) is 0 Å². The molecule has 0 bridgehead atoms. The highest BCUT2D eigenvalue weighted by Crippen LogP contribution is 2.21. The molecule has 0 aliphatic heterocycles. The average molecular weight is 312 g/mol. The van der Waals surface area contributed by atoms with Crippen molar-refractivity contribution in [3.8, 4) is 6.07 Å². The molecule has 0 aromatic heterocycles. The van der Waals surface area contributed by atoms with E-state index in [0.717, 1.165) is 0 Å². The highest BCUT2D eigenvalue weighted by molar-refractivity contribution is 7.95. The highest BCUT2D eigenvalue weighted by atomic mass is 32.2. The largest absolute Gasteiger partial charge is 0.545 e. The first-order chi connectivity index (χ1) is 10.4. The number of carboxylic acids is 1. The summed E-state index contributed by atoms with van der Waals surface area (Å²) in [7, 11) is -3.90. The highest BCUT2D eigenvalue weighted by Gasteiger charge is 2.20. The lowest BCUT2D eigenvalue weighted by Gasteiger charge is -2.04. The van der Waals surface area contributed by atoms with Crippen LogP contribution in [0, 0.1) is 11.3 Å². The molecule has 110 valence electrons. The smallest absolute Gasteiger partial charge is 0.216 e. The zero-order valence-corrected chi connectivity index (χ0v) is 12.1. The minimum atomic E-state index is -3.90. The van der Waals surface area contributed by atoms with E-state index in [2.05, 4.69) is 0 Å². The van der Waals surface area contributed by atoms with Crippen molar-refractivity contribution in [3.05, 3.63) is 70.6 Å². The lowest BCUT2D eigenvalue weighted by atomic mass is 10.1. The van der Waals surface area contributed by atoms with Crippen LogP contribution in [0.4, 0.5) is 0 Å². The van der Waals surface area contributed by atoms with E-state index in [1.165, 1.54) is 42.5 Å². The Morgan fingerprint density at radius 1 is 1.05 bits per heavy atom. The van der Waals surface area contributed by atoms with Gasteiger partial charge < -0.3 is 9.90 Å². The average Bonchev–Trinajstić information content (AvgIpc) is 2.53. The molecule has 2 rings (SSSR count). The SMILES string of the molecule is N#C/C(=C\c1ccc(C(=O)[O-])cc1)S(=O)(=O)c1ccccc1. The molecule has 0 aliphatic carbocycles. The van der Waals surface area contributed by atoms with Crippen LogP contribution in [0.1, 0.15) is 15.9 Å². The van der Waals surface area contributed by atoms with E-state index in [-0.39, 0.29) is 10.5 Å². The van der Waals surface area contributed by atoms with Gasteiger partial charge >= 0.3 is 0 Å². The number of rotatable bonds is 4. The summed E-state index contributed by atoms with van der Waals surface area (Å²) in [5.41, 5.74) is 0.377. The van der Waals surface area contributed by atoms with Gasteiger partial charge in [-0.3, -0.25) is 0 Å². The van der Waals surface area contributed by atoms with Crippen LogP contribution >= 0.6 is 0 Å². The summed E-state index contributed by atoms with van der Waals surface area (Å²) in [6, 6.07) is 14.7. The number of allylic oxidation sites excluding steroid dienone is 1. The molecule has 0 unspecified atom stereocenters. The Morgan fingerprint density at radius 3 is 2.14 bits per heavy atom. The van der Waals surface area contributed by atoms with Crippen molar-refractivity contribution in [2.24, 2.45) is 0 Å². The van der Waals surface area contributed by atoms with Crippen LogP contribution in [0.2, 0.25) is 0 Å². The summed E-state index contributed by atoms with van der Waals surface area (Å²) in [5.74, 6) is -1.33. The van der Waals surface area contributed by atoms with Gasteiger partial charge in [-0.15, -0.1) is 0 Å². The lowest BCUT2D eigenvalue weighted by Crippen LogP contribution is -2.21. The molecule has 0 fully saturated rings. The van der Waals surface area contributed by atoms with Gasteiger partial charge in [-0.05, 0) is 29.3 Å². The number of hydrogen-bond acceptors (Lipinski definition) is 5. The molecule has 0 atom stereocenters. The van der Waals surface area contributed by atoms with Crippen LogP contribution in [-0.2, 0) is 9.84 Å². The maximum Gasteiger partial charge on any atom is 0.216 e. The van der Waals surface area contributed by atoms with Gasteiger partial charge in [0.1, 0.15) is 11.0 Å². The second-order valence-electron chi connectivity index (χ2n) is 4.35. The van der Waals surface area contributed by atoms with E-state index in [9.17, 15) is 18.3 Å². The monoisotopic (exact) mass is 312 g/mol. The first kappa shape index (κ1) is 15.5. The van der Waals surface area contributed by atoms with E-state index in [0.29, 0.717) is 5.56 Å². The van der Waals surface area contributed by atoms with Crippen LogP contribution in [-0.4, -0.2) is 14.4 Å². The van der Waals surface area contributed by atoms with Crippen LogP contribution in [0.15, 0.2) is 64.4 Å². The third-order valence-electron chi connectivity index (χ3n) is 2.90. The predicted molar refractivity (Wildman–Crippen MR) is 78.0 cm³/mol. The molecule has 0 saturated heterocycles. The maximum atomic E-state index is 12.3. The lowest BCUT2D eigenvalue weighted by molar-refractivity contribution is -0.255. The number of carbonyl (C=O) groups is 1. The van der Waals surface area contributed by atoms with Gasteiger partial charge in [0.25, 0.3) is 0 Å². The molecule has 0 saturated carbocycles. The van der Waals surface area contributed by atoms with E-state index in [1.807, 2.05) is 0 Å². The summed E-state index contributed by atoms with van der Waals surface area (Å²) in [6.45, 7) is 0. The molecular formula is C16H10NO4S-. The van der Waals surface area contributed by atoms with Gasteiger partial charge in [0.05, 0.1) is 10.9 Å². The van der Waals surface area contributed by atoms with Crippen molar-refractivity contribution in [3.63, 3.8) is 0 Å². The fraction of sp³-hybridized carbons (Fsp3) is 0. The molecule has 0 spiro atoms. The molecule has 2 aromatic carbocycles. The Morgan fingerprint density at radius 2 is 1.64 bits per heavy atom. The number of nitrogens with zero attached hydrogens (tertiary/aromatic N) is 1. The summed E-state index contributed by atoms with van der Waals surface area (Å²) in [5, 5.41) is 19.8. The van der Waals surface area contributed by atoms with E-state index >= 15 is 0 Å². The minimum Gasteiger partial charge on any atom is -0.545 e. The molecule has 2 aromatic rings. The number of carbonyl (C=O) groups excluding carboxylic acids is 1. The zero-order chi connectivity index (χ0) is 16.2. The Kier molecular flexibility index (Phi) is 4.39. The molecule has 0 aliphatic rings. The maximum absolute atomic E-state index is 12.3. The molecular weight excluding hydrogens is 302 g/mol. The van der Waals surface area contributed by atoms with E-state index < -0.39 is 20.7 Å². The second-order valence-corrected chi connectivity index (χ2v) is 6.26. The number of carboxylic acid groups (broad SMARTS) is 1. The number of nitriles is 1. The van der Waals surface area contributed by atoms with Gasteiger partial charge in [-0.2, -0.15) is 5.26 Å². The van der Waals surface area contributed by atoms with Crippen molar-refractivity contribution >= 4 is 21.9 Å². The van der Waals surface area contributed by atoms with Crippen molar-refractivity contribution < 1.29 is 18.3 Å². The minimum absolute atomic E-state index is 0.0224. The number of sulfone groups is 1. The molecule has 5 nitrogen and oxygen atoms in total. The van der Waals surface area contributed by atoms with Crippen molar-refractivity contribution in [1.29, 1.82) is 5.26 Å². The Hall–Kier alpha value is -2.91. The zero-order valence-electron chi connectivity index (χ0n) is 11.3. The normalized spacial score (nSPS) is 11.7. The van der Waals surface area contributed by atoms with Gasteiger partial charge in [0.2, 0.25) is 9.84 Å². The fourth-order valence-corrected chi connectivity index (χ4v) is 2.94. The summed E-state index contributed by atoms with van der Waals surface area (Å²) in [6.07, 6.45) is 1.20. The van der Waals surface area contributed by atoms with Crippen molar-refractivity contribution in [2.45, 2.75) is 4.90 Å². The number of benzene rings is 2. The Labute approximate surface area is 127 Å². The number of aromatic carboxylic acids is 1. The van der Waals surface area contributed by atoms with Crippen LogP contribution in [0.5, 0.6) is 0 Å². The standard InChI is InChI=1S/C16H11NO4S/c17-11-15(22(20,21)14-4-2-1-3-5-14)10-12-6-8-13(9-7-12)16(18)19/h1-10H,(H,18,19)/p-1/b15-10+. The summed E-state index contributed by atoms with van der Waals surface area (Å²) < 4.78 is 24.7. The van der Waals surface area contributed by atoms with Crippen LogP contribution in [0.3, 0.4) is 0 Å². The first-order valence-corrected chi connectivity index (χ1v) is 7.67. The molecule has 0 heterocycles. The Balaban J connectivity index is 2.44. The number of hydrogen-bond donors (Lipinski definition) is 0. The van der Waals surface area contributed by atoms with E-state index in [1.54, 1.807) is 24.3 Å². The predicted octanol–water partition coefficient (Wildman–Crippen LogP) is 1.39. The molecule has 0 radical (unpaired) electrons.